The van der Waals surface area contributed by atoms with Crippen LogP contribution in [0.4, 0.5) is 0 Å². The molecule has 0 saturated carbocycles. The van der Waals surface area contributed by atoms with Gasteiger partial charge in [0.05, 0.1) is 0 Å². The zero-order chi connectivity index (χ0) is 10.1. The first-order valence-corrected chi connectivity index (χ1v) is 5.31. The highest BCUT2D eigenvalue weighted by Gasteiger charge is 2.37. The predicted molar refractivity (Wildman–Crippen MR) is 55.7 cm³/mol. The van der Waals surface area contributed by atoms with Crippen LogP contribution in [0.3, 0.4) is 0 Å². The van der Waals surface area contributed by atoms with Crippen LogP contribution in [-0.4, -0.2) is 35.2 Å². The van der Waals surface area contributed by atoms with E-state index in [0.717, 1.165) is 25.4 Å². The van der Waals surface area contributed by atoms with Crippen molar-refractivity contribution >= 4 is 0 Å². The van der Waals surface area contributed by atoms with E-state index in [0.29, 0.717) is 12.5 Å². The number of rotatable bonds is 3. The molecule has 1 fully saturated rings. The van der Waals surface area contributed by atoms with Gasteiger partial charge in [0.15, 0.2) is 0 Å². The predicted octanol–water partition coefficient (Wildman–Crippen LogP) is 1.74. The fourth-order valence-corrected chi connectivity index (χ4v) is 2.34. The Morgan fingerprint density at radius 3 is 2.46 bits per heavy atom. The monoisotopic (exact) mass is 185 g/mol. The Balaban J connectivity index is 2.54. The fraction of sp³-hybridized carbons (Fsp3) is 1.00. The lowest BCUT2D eigenvalue weighted by Crippen LogP contribution is -2.40. The molecule has 1 rings (SSSR count). The highest BCUT2D eigenvalue weighted by atomic mass is 16.3. The summed E-state index contributed by atoms with van der Waals surface area (Å²) in [5.41, 5.74) is 0.289. The Morgan fingerprint density at radius 2 is 2.08 bits per heavy atom. The van der Waals surface area contributed by atoms with Crippen molar-refractivity contribution in [3.05, 3.63) is 0 Å². The second kappa shape index (κ2) is 3.97. The van der Waals surface area contributed by atoms with E-state index >= 15 is 0 Å². The summed E-state index contributed by atoms with van der Waals surface area (Å²) in [5, 5.41) is 9.12. The molecule has 1 heterocycles. The second-order valence-corrected chi connectivity index (χ2v) is 5.36. The minimum Gasteiger partial charge on any atom is -0.396 e. The third-order valence-corrected chi connectivity index (χ3v) is 2.97. The maximum Gasteiger partial charge on any atom is 0.0472 e. The van der Waals surface area contributed by atoms with Crippen LogP contribution in [0, 0.1) is 11.8 Å². The molecule has 0 spiro atoms. The van der Waals surface area contributed by atoms with Crippen LogP contribution in [0.1, 0.15) is 34.1 Å². The van der Waals surface area contributed by atoms with Gasteiger partial charge in [0.1, 0.15) is 0 Å². The Morgan fingerprint density at radius 1 is 1.46 bits per heavy atom. The van der Waals surface area contributed by atoms with Gasteiger partial charge in [-0.15, -0.1) is 0 Å². The van der Waals surface area contributed by atoms with Gasteiger partial charge in [-0.05, 0) is 32.1 Å². The molecule has 2 heteroatoms. The van der Waals surface area contributed by atoms with E-state index in [1.54, 1.807) is 0 Å². The van der Waals surface area contributed by atoms with Gasteiger partial charge < -0.3 is 5.11 Å². The molecule has 0 aromatic heterocycles. The fourth-order valence-electron chi connectivity index (χ4n) is 2.34. The Bertz CT molecular complexity index is 165. The largest absolute Gasteiger partial charge is 0.396 e. The molecule has 0 bridgehead atoms. The first kappa shape index (κ1) is 11.0. The molecule has 78 valence electrons. The standard InChI is InChI=1S/C11H23NO/c1-9(2)6-12-7-10(8-13)5-11(12,3)4/h9-10,13H,5-8H2,1-4H3. The zero-order valence-corrected chi connectivity index (χ0v) is 9.38. The molecule has 0 amide bonds. The van der Waals surface area contributed by atoms with Crippen molar-refractivity contribution in [2.24, 2.45) is 11.8 Å². The van der Waals surface area contributed by atoms with Crippen LogP contribution in [0.2, 0.25) is 0 Å². The van der Waals surface area contributed by atoms with Gasteiger partial charge >= 0.3 is 0 Å². The maximum atomic E-state index is 9.12. The summed E-state index contributed by atoms with van der Waals surface area (Å²) < 4.78 is 0. The highest BCUT2D eigenvalue weighted by Crippen LogP contribution is 2.32. The van der Waals surface area contributed by atoms with E-state index in [1.807, 2.05) is 0 Å². The zero-order valence-electron chi connectivity index (χ0n) is 9.38. The molecule has 1 aliphatic heterocycles. The van der Waals surface area contributed by atoms with Crippen LogP contribution in [-0.2, 0) is 0 Å². The van der Waals surface area contributed by atoms with Crippen LogP contribution in [0.5, 0.6) is 0 Å². The molecule has 1 saturated heterocycles. The van der Waals surface area contributed by atoms with Gasteiger partial charge in [-0.25, -0.2) is 0 Å². The molecular formula is C11H23NO. The van der Waals surface area contributed by atoms with E-state index in [2.05, 4.69) is 32.6 Å². The third kappa shape index (κ3) is 2.68. The second-order valence-electron chi connectivity index (χ2n) is 5.36. The van der Waals surface area contributed by atoms with Crippen molar-refractivity contribution in [3.63, 3.8) is 0 Å². The van der Waals surface area contributed by atoms with Gasteiger partial charge in [-0.2, -0.15) is 0 Å². The lowest BCUT2D eigenvalue weighted by Gasteiger charge is -2.32. The van der Waals surface area contributed by atoms with Gasteiger partial charge in [-0.1, -0.05) is 13.8 Å². The molecule has 0 radical (unpaired) electrons. The topological polar surface area (TPSA) is 23.5 Å². The van der Waals surface area contributed by atoms with E-state index in [4.69, 9.17) is 5.11 Å². The number of aliphatic hydroxyl groups is 1. The first-order chi connectivity index (χ1) is 5.95. The molecule has 2 nitrogen and oxygen atoms in total. The summed E-state index contributed by atoms with van der Waals surface area (Å²) in [6.45, 7) is 11.6. The molecule has 1 unspecified atom stereocenters. The molecule has 1 atom stereocenters. The molecular weight excluding hydrogens is 162 g/mol. The third-order valence-electron chi connectivity index (χ3n) is 2.97. The molecule has 1 aliphatic rings. The minimum absolute atomic E-state index is 0.289. The van der Waals surface area contributed by atoms with Gasteiger partial charge in [0.2, 0.25) is 0 Å². The van der Waals surface area contributed by atoms with Crippen molar-refractivity contribution in [2.75, 3.05) is 19.7 Å². The quantitative estimate of drug-likeness (QED) is 0.724. The lowest BCUT2D eigenvalue weighted by atomic mass is 9.96. The summed E-state index contributed by atoms with van der Waals surface area (Å²) in [6.07, 6.45) is 1.14. The highest BCUT2D eigenvalue weighted by molar-refractivity contribution is 4.92. The van der Waals surface area contributed by atoms with Gasteiger partial charge in [0, 0.05) is 25.2 Å². The summed E-state index contributed by atoms with van der Waals surface area (Å²) in [7, 11) is 0. The van der Waals surface area contributed by atoms with Gasteiger partial charge in [0.25, 0.3) is 0 Å². The average Bonchev–Trinajstić information content (AvgIpc) is 2.26. The van der Waals surface area contributed by atoms with Crippen molar-refractivity contribution < 1.29 is 5.11 Å². The number of nitrogens with zero attached hydrogens (tertiary/aromatic N) is 1. The van der Waals surface area contributed by atoms with Crippen molar-refractivity contribution in [1.82, 2.24) is 4.90 Å². The Hall–Kier alpha value is -0.0800. The van der Waals surface area contributed by atoms with Gasteiger partial charge in [-0.3, -0.25) is 4.90 Å². The SMILES string of the molecule is CC(C)CN1CC(CO)CC1(C)C. The smallest absolute Gasteiger partial charge is 0.0472 e. The normalized spacial score (nSPS) is 28.6. The molecule has 1 N–H and O–H groups in total. The van der Waals surface area contributed by atoms with Crippen molar-refractivity contribution in [2.45, 2.75) is 39.7 Å². The lowest BCUT2D eigenvalue weighted by molar-refractivity contribution is 0.154. The molecule has 13 heavy (non-hydrogen) atoms. The number of hydrogen-bond donors (Lipinski definition) is 1. The van der Waals surface area contributed by atoms with E-state index in [1.165, 1.54) is 0 Å². The van der Waals surface area contributed by atoms with Crippen LogP contribution in [0.15, 0.2) is 0 Å². The van der Waals surface area contributed by atoms with Crippen LogP contribution in [0.25, 0.3) is 0 Å². The molecule has 0 aromatic rings. The van der Waals surface area contributed by atoms with Crippen molar-refractivity contribution in [1.29, 1.82) is 0 Å². The number of likely N-dealkylation sites (tertiary alicyclic amines) is 1. The van der Waals surface area contributed by atoms with Crippen LogP contribution >= 0.6 is 0 Å². The molecule has 0 aliphatic carbocycles. The van der Waals surface area contributed by atoms with Crippen molar-refractivity contribution in [3.8, 4) is 0 Å². The van der Waals surface area contributed by atoms with E-state index in [9.17, 15) is 0 Å². The number of aliphatic hydroxyl groups excluding tert-OH is 1. The number of hydrogen-bond acceptors (Lipinski definition) is 2. The molecule has 0 aromatic carbocycles. The summed E-state index contributed by atoms with van der Waals surface area (Å²) in [6, 6.07) is 0. The Kier molecular flexibility index (Phi) is 3.36. The minimum atomic E-state index is 0.289. The van der Waals surface area contributed by atoms with E-state index < -0.39 is 0 Å². The summed E-state index contributed by atoms with van der Waals surface area (Å²) >= 11 is 0. The van der Waals surface area contributed by atoms with Crippen LogP contribution < -0.4 is 0 Å². The summed E-state index contributed by atoms with van der Waals surface area (Å²) in [5.74, 6) is 1.21. The Labute approximate surface area is 81.9 Å². The van der Waals surface area contributed by atoms with E-state index in [-0.39, 0.29) is 5.54 Å². The first-order valence-electron chi connectivity index (χ1n) is 5.31. The average molecular weight is 185 g/mol. The summed E-state index contributed by atoms with van der Waals surface area (Å²) in [4.78, 5) is 2.51. The maximum absolute atomic E-state index is 9.12.